The van der Waals surface area contributed by atoms with Gasteiger partial charge in [-0.15, -0.1) is 0 Å². The monoisotopic (exact) mass is 346 g/mol. The maximum Gasteiger partial charge on any atom is 0.109 e. The summed E-state index contributed by atoms with van der Waals surface area (Å²) in [7, 11) is 0. The second-order valence-electron chi connectivity index (χ2n) is 7.02. The normalized spacial score (nSPS) is 26.9. The molecule has 4 atom stereocenters. The third kappa shape index (κ3) is 2.11. The van der Waals surface area contributed by atoms with E-state index in [-0.39, 0.29) is 0 Å². The number of aliphatic hydroxyl groups is 4. The molecule has 0 bridgehead atoms. The van der Waals surface area contributed by atoms with Gasteiger partial charge >= 0.3 is 0 Å². The summed E-state index contributed by atoms with van der Waals surface area (Å²) in [5.74, 6) is 0. The zero-order valence-corrected chi connectivity index (χ0v) is 13.9. The maximum atomic E-state index is 10.3. The first-order chi connectivity index (χ1) is 12.5. The van der Waals surface area contributed by atoms with Gasteiger partial charge in [0.1, 0.15) is 24.4 Å². The van der Waals surface area contributed by atoms with E-state index in [1.165, 1.54) is 0 Å². The molecule has 130 valence electrons. The quantitative estimate of drug-likeness (QED) is 0.472. The fourth-order valence-corrected chi connectivity index (χ4v) is 4.08. The lowest BCUT2D eigenvalue weighted by Gasteiger charge is -2.24. The molecule has 4 heteroatoms. The van der Waals surface area contributed by atoms with Crippen molar-refractivity contribution in [3.8, 4) is 0 Å². The van der Waals surface area contributed by atoms with E-state index in [9.17, 15) is 20.4 Å². The van der Waals surface area contributed by atoms with Crippen LogP contribution in [-0.2, 0) is 0 Å². The summed E-state index contributed by atoms with van der Waals surface area (Å²) in [4.78, 5) is 0. The molecule has 0 saturated carbocycles. The molecule has 2 aliphatic rings. The predicted molar refractivity (Wildman–Crippen MR) is 101 cm³/mol. The van der Waals surface area contributed by atoms with Crippen molar-refractivity contribution in [1.82, 2.24) is 0 Å². The van der Waals surface area contributed by atoms with Crippen molar-refractivity contribution in [2.24, 2.45) is 0 Å². The van der Waals surface area contributed by atoms with Gasteiger partial charge in [-0.2, -0.15) is 0 Å². The fraction of sp³-hybridized carbons (Fsp3) is 0.182. The lowest BCUT2D eigenvalue weighted by molar-refractivity contribution is 0.0471. The minimum absolute atomic E-state index is 0.725. The van der Waals surface area contributed by atoms with Crippen LogP contribution in [0.3, 0.4) is 0 Å². The lowest BCUT2D eigenvalue weighted by atomic mass is 9.85. The van der Waals surface area contributed by atoms with Crippen molar-refractivity contribution in [2.75, 3.05) is 0 Å². The highest BCUT2D eigenvalue weighted by atomic mass is 16.3. The van der Waals surface area contributed by atoms with Crippen LogP contribution in [0.1, 0.15) is 34.5 Å². The minimum atomic E-state index is -0.918. The van der Waals surface area contributed by atoms with Gasteiger partial charge in [-0.05, 0) is 55.9 Å². The summed E-state index contributed by atoms with van der Waals surface area (Å²) < 4.78 is 0. The maximum absolute atomic E-state index is 10.3. The van der Waals surface area contributed by atoms with E-state index in [1.807, 2.05) is 36.4 Å². The molecule has 0 amide bonds. The molecule has 0 radical (unpaired) electrons. The van der Waals surface area contributed by atoms with Gasteiger partial charge in [0.2, 0.25) is 0 Å². The van der Waals surface area contributed by atoms with Crippen LogP contribution in [0.15, 0.2) is 48.6 Å². The van der Waals surface area contributed by atoms with Gasteiger partial charge in [-0.1, -0.05) is 48.6 Å². The molecule has 5 rings (SSSR count). The van der Waals surface area contributed by atoms with Crippen LogP contribution >= 0.6 is 0 Å². The van der Waals surface area contributed by atoms with Crippen LogP contribution < -0.4 is 0 Å². The molecule has 0 fully saturated rings. The highest BCUT2D eigenvalue weighted by Crippen LogP contribution is 2.38. The van der Waals surface area contributed by atoms with Crippen molar-refractivity contribution < 1.29 is 20.4 Å². The Morgan fingerprint density at radius 3 is 1.42 bits per heavy atom. The smallest absolute Gasteiger partial charge is 0.109 e. The molecule has 2 aliphatic carbocycles. The van der Waals surface area contributed by atoms with Crippen molar-refractivity contribution in [3.05, 3.63) is 70.8 Å². The van der Waals surface area contributed by atoms with Gasteiger partial charge in [0.15, 0.2) is 0 Å². The molecular formula is C22H18O4. The van der Waals surface area contributed by atoms with Gasteiger partial charge in [0.05, 0.1) is 0 Å². The average molecular weight is 346 g/mol. The number of rotatable bonds is 0. The summed E-state index contributed by atoms with van der Waals surface area (Å²) in [6, 6.07) is 11.7. The summed E-state index contributed by atoms with van der Waals surface area (Å²) >= 11 is 0. The van der Waals surface area contributed by atoms with E-state index < -0.39 is 24.4 Å². The Balaban J connectivity index is 1.81. The third-order valence-electron chi connectivity index (χ3n) is 5.51. The van der Waals surface area contributed by atoms with Crippen molar-refractivity contribution >= 4 is 33.7 Å². The number of hydrogen-bond donors (Lipinski definition) is 4. The second kappa shape index (κ2) is 5.50. The van der Waals surface area contributed by atoms with Gasteiger partial charge in [-0.25, -0.2) is 0 Å². The third-order valence-corrected chi connectivity index (χ3v) is 5.51. The molecule has 0 saturated heterocycles. The molecule has 0 heterocycles. The Morgan fingerprint density at radius 2 is 1.00 bits per heavy atom. The lowest BCUT2D eigenvalue weighted by Crippen LogP contribution is -2.19. The largest absolute Gasteiger partial charge is 0.386 e. The van der Waals surface area contributed by atoms with Crippen molar-refractivity contribution in [1.29, 1.82) is 0 Å². The standard InChI is InChI=1S/C22H18O4/c23-19-7-5-13-15(21(19)25)3-1-11-9-18-12(10-17(11)13)2-4-16-14(18)6-8-20(24)22(16)26/h1-10,19-26H/t19-,20-,21-,22-/m0/s1. The molecule has 0 spiro atoms. The molecule has 26 heavy (non-hydrogen) atoms. The van der Waals surface area contributed by atoms with Gasteiger partial charge in [0, 0.05) is 0 Å². The summed E-state index contributed by atoms with van der Waals surface area (Å²) in [6.45, 7) is 0. The Labute approximate surface area is 150 Å². The van der Waals surface area contributed by atoms with Gasteiger partial charge in [0.25, 0.3) is 0 Å². The molecular weight excluding hydrogens is 328 g/mol. The van der Waals surface area contributed by atoms with E-state index >= 15 is 0 Å². The van der Waals surface area contributed by atoms with Crippen LogP contribution in [0.2, 0.25) is 0 Å². The van der Waals surface area contributed by atoms with Crippen LogP contribution in [0.4, 0.5) is 0 Å². The number of benzene rings is 3. The molecule has 0 aromatic heterocycles. The van der Waals surface area contributed by atoms with Crippen LogP contribution in [0, 0.1) is 0 Å². The zero-order chi connectivity index (χ0) is 18.0. The van der Waals surface area contributed by atoms with Crippen LogP contribution in [0.25, 0.3) is 33.7 Å². The zero-order valence-electron chi connectivity index (χ0n) is 13.9. The Hall–Kier alpha value is -2.50. The first-order valence-electron chi connectivity index (χ1n) is 8.66. The van der Waals surface area contributed by atoms with E-state index in [2.05, 4.69) is 12.1 Å². The Bertz CT molecular complexity index is 1020. The number of fused-ring (bicyclic) bond motifs is 6. The molecule has 4 nitrogen and oxygen atoms in total. The van der Waals surface area contributed by atoms with E-state index in [0.29, 0.717) is 0 Å². The molecule has 3 aromatic rings. The molecule has 4 N–H and O–H groups in total. The SMILES string of the molecule is O[C@H]1C=Cc2c(ccc3cc4c5c(ccc4cc23)[C@H](O)[C@@H](O)C=C5)[C@@H]1O. The van der Waals surface area contributed by atoms with Gasteiger partial charge in [-0.3, -0.25) is 0 Å². The van der Waals surface area contributed by atoms with Crippen molar-refractivity contribution in [3.63, 3.8) is 0 Å². The molecule has 0 unspecified atom stereocenters. The fourth-order valence-electron chi connectivity index (χ4n) is 4.08. The summed E-state index contributed by atoms with van der Waals surface area (Å²) in [5, 5.41) is 44.3. The van der Waals surface area contributed by atoms with Gasteiger partial charge < -0.3 is 20.4 Å². The number of aliphatic hydroxyl groups excluding tert-OH is 4. The average Bonchev–Trinajstić information content (AvgIpc) is 2.65. The van der Waals surface area contributed by atoms with E-state index in [0.717, 1.165) is 43.8 Å². The Kier molecular flexibility index (Phi) is 3.33. The molecule has 0 aliphatic heterocycles. The Morgan fingerprint density at radius 1 is 0.577 bits per heavy atom. The predicted octanol–water partition coefficient (Wildman–Crippen LogP) is 2.84. The summed E-state index contributed by atoms with van der Waals surface area (Å²) in [5.41, 5.74) is 3.29. The molecule has 3 aromatic carbocycles. The van der Waals surface area contributed by atoms with Crippen LogP contribution in [0.5, 0.6) is 0 Å². The highest BCUT2D eigenvalue weighted by molar-refractivity contribution is 6.05. The minimum Gasteiger partial charge on any atom is -0.386 e. The van der Waals surface area contributed by atoms with Crippen molar-refractivity contribution in [2.45, 2.75) is 24.4 Å². The van der Waals surface area contributed by atoms with E-state index in [1.54, 1.807) is 12.2 Å². The number of hydrogen-bond acceptors (Lipinski definition) is 4. The first kappa shape index (κ1) is 15.7. The second-order valence-corrected chi connectivity index (χ2v) is 7.02. The van der Waals surface area contributed by atoms with E-state index in [4.69, 9.17) is 0 Å². The summed E-state index contributed by atoms with van der Waals surface area (Å²) in [6.07, 6.45) is 3.35. The van der Waals surface area contributed by atoms with Crippen LogP contribution in [-0.4, -0.2) is 32.6 Å². The first-order valence-corrected chi connectivity index (χ1v) is 8.66. The highest BCUT2D eigenvalue weighted by Gasteiger charge is 2.25. The topological polar surface area (TPSA) is 80.9 Å².